The van der Waals surface area contributed by atoms with Gasteiger partial charge in [0.1, 0.15) is 0 Å². The summed E-state index contributed by atoms with van der Waals surface area (Å²) in [7, 11) is 0. The molecule has 3 rings (SSSR count). The largest absolute Gasteiger partial charge is 0.481 e. The van der Waals surface area contributed by atoms with Gasteiger partial charge in [0, 0.05) is 23.2 Å². The second-order valence-corrected chi connectivity index (χ2v) is 7.46. The quantitative estimate of drug-likeness (QED) is 0.866. The molecule has 0 aromatic carbocycles. The van der Waals surface area contributed by atoms with Crippen molar-refractivity contribution in [3.63, 3.8) is 0 Å². The number of nitrogens with zero attached hydrogens (tertiary/aromatic N) is 3. The number of anilines is 1. The van der Waals surface area contributed by atoms with E-state index in [4.69, 9.17) is 0 Å². The number of thiazole rings is 1. The number of carboxylic acids is 1. The third-order valence-electron chi connectivity index (χ3n) is 4.79. The van der Waals surface area contributed by atoms with Crippen LogP contribution in [0.3, 0.4) is 0 Å². The predicted molar refractivity (Wildman–Crippen MR) is 90.8 cm³/mol. The highest BCUT2D eigenvalue weighted by Gasteiger charge is 2.66. The van der Waals surface area contributed by atoms with Gasteiger partial charge in [-0.1, -0.05) is 13.8 Å². The predicted octanol–water partition coefficient (Wildman–Crippen LogP) is 2.63. The zero-order valence-electron chi connectivity index (χ0n) is 14.0. The molecule has 1 aliphatic carbocycles. The van der Waals surface area contributed by atoms with Crippen LogP contribution in [0.2, 0.25) is 0 Å². The van der Waals surface area contributed by atoms with E-state index >= 15 is 0 Å². The molecule has 128 valence electrons. The Bertz CT molecular complexity index is 808. The average molecular weight is 348 g/mol. The summed E-state index contributed by atoms with van der Waals surface area (Å²) in [6.07, 6.45) is 1.77. The van der Waals surface area contributed by atoms with Gasteiger partial charge in [-0.3, -0.25) is 14.3 Å². The number of nitrogens with one attached hydrogen (secondary N) is 1. The summed E-state index contributed by atoms with van der Waals surface area (Å²) < 4.78 is 1.89. The maximum Gasteiger partial charge on any atom is 0.307 e. The topological polar surface area (TPSA) is 97.1 Å². The van der Waals surface area contributed by atoms with Gasteiger partial charge in [-0.15, -0.1) is 11.3 Å². The van der Waals surface area contributed by atoms with E-state index in [1.807, 2.05) is 23.9 Å². The highest BCUT2D eigenvalue weighted by Crippen LogP contribution is 2.58. The fraction of sp³-hybridized carbons (Fsp3) is 0.500. The fourth-order valence-corrected chi connectivity index (χ4v) is 3.96. The maximum absolute atomic E-state index is 12.3. The van der Waals surface area contributed by atoms with Crippen molar-refractivity contribution in [2.75, 3.05) is 5.32 Å². The van der Waals surface area contributed by atoms with Crippen LogP contribution in [0.4, 0.5) is 5.13 Å². The van der Waals surface area contributed by atoms with E-state index in [0.717, 1.165) is 23.5 Å². The molecule has 0 aliphatic heterocycles. The molecule has 0 unspecified atom stereocenters. The fourth-order valence-electron chi connectivity index (χ4n) is 3.24. The van der Waals surface area contributed by atoms with Crippen molar-refractivity contribution in [2.45, 2.75) is 34.2 Å². The van der Waals surface area contributed by atoms with Crippen molar-refractivity contribution in [1.29, 1.82) is 0 Å². The first kappa shape index (κ1) is 16.6. The van der Waals surface area contributed by atoms with Gasteiger partial charge in [-0.2, -0.15) is 5.10 Å². The molecular formula is C16H20N4O3S. The minimum absolute atomic E-state index is 0.283. The van der Waals surface area contributed by atoms with Crippen LogP contribution in [-0.4, -0.2) is 31.7 Å². The van der Waals surface area contributed by atoms with Crippen LogP contribution in [0.1, 0.15) is 26.5 Å². The average Bonchev–Trinajstić information content (AvgIpc) is 2.82. The van der Waals surface area contributed by atoms with E-state index in [-0.39, 0.29) is 5.91 Å². The van der Waals surface area contributed by atoms with E-state index < -0.39 is 23.2 Å². The molecular weight excluding hydrogens is 328 g/mol. The van der Waals surface area contributed by atoms with Gasteiger partial charge in [0.2, 0.25) is 5.91 Å². The van der Waals surface area contributed by atoms with Crippen molar-refractivity contribution in [3.8, 4) is 11.3 Å². The molecule has 8 heteroatoms. The Morgan fingerprint density at radius 2 is 2.12 bits per heavy atom. The number of hydrogen-bond donors (Lipinski definition) is 2. The summed E-state index contributed by atoms with van der Waals surface area (Å²) in [6, 6.07) is 0. The number of carbonyl (C=O) groups excluding carboxylic acids is 1. The van der Waals surface area contributed by atoms with Crippen LogP contribution < -0.4 is 5.32 Å². The first-order valence-corrected chi connectivity index (χ1v) is 8.67. The number of aliphatic carboxylic acids is 1. The number of amides is 1. The summed E-state index contributed by atoms with van der Waals surface area (Å²) in [6.45, 7) is 8.38. The van der Waals surface area contributed by atoms with Gasteiger partial charge in [0.25, 0.3) is 0 Å². The molecule has 0 bridgehead atoms. The molecule has 7 nitrogen and oxygen atoms in total. The van der Waals surface area contributed by atoms with Crippen molar-refractivity contribution >= 4 is 28.3 Å². The maximum atomic E-state index is 12.3. The second kappa shape index (κ2) is 5.70. The van der Waals surface area contributed by atoms with E-state index in [0.29, 0.717) is 5.13 Å². The van der Waals surface area contributed by atoms with Crippen LogP contribution in [0.5, 0.6) is 0 Å². The van der Waals surface area contributed by atoms with Crippen molar-refractivity contribution < 1.29 is 14.7 Å². The Morgan fingerprint density at radius 1 is 1.42 bits per heavy atom. The SMILES string of the molecule is CCn1ncc(-c2csc(NC(=O)[C@H]3[C@@H](C(=O)O)C3(C)C)n2)c1C. The normalized spacial score (nSPS) is 21.5. The van der Waals surface area contributed by atoms with E-state index in [1.165, 1.54) is 11.3 Å². The summed E-state index contributed by atoms with van der Waals surface area (Å²) >= 11 is 1.33. The smallest absolute Gasteiger partial charge is 0.307 e. The Kier molecular flexibility index (Phi) is 3.95. The Hall–Kier alpha value is -2.22. The zero-order chi connectivity index (χ0) is 17.6. The molecule has 1 fully saturated rings. The van der Waals surface area contributed by atoms with Crippen LogP contribution >= 0.6 is 11.3 Å². The number of aromatic nitrogens is 3. The van der Waals surface area contributed by atoms with Crippen LogP contribution in [-0.2, 0) is 16.1 Å². The monoisotopic (exact) mass is 348 g/mol. The Labute approximate surface area is 143 Å². The van der Waals surface area contributed by atoms with E-state index in [1.54, 1.807) is 20.0 Å². The van der Waals surface area contributed by atoms with Crippen LogP contribution in [0.15, 0.2) is 11.6 Å². The lowest BCUT2D eigenvalue weighted by Gasteiger charge is -2.02. The second-order valence-electron chi connectivity index (χ2n) is 6.60. The van der Waals surface area contributed by atoms with Gasteiger partial charge in [0.15, 0.2) is 5.13 Å². The molecule has 2 aromatic rings. The van der Waals surface area contributed by atoms with Gasteiger partial charge in [-0.25, -0.2) is 4.98 Å². The molecule has 0 radical (unpaired) electrons. The summed E-state index contributed by atoms with van der Waals surface area (Å²) in [5.41, 5.74) is 2.20. The van der Waals surface area contributed by atoms with E-state index in [2.05, 4.69) is 15.4 Å². The van der Waals surface area contributed by atoms with Crippen molar-refractivity contribution in [1.82, 2.24) is 14.8 Å². The third kappa shape index (κ3) is 2.60. The molecule has 24 heavy (non-hydrogen) atoms. The van der Waals surface area contributed by atoms with Crippen LogP contribution in [0.25, 0.3) is 11.3 Å². The molecule has 2 heterocycles. The van der Waals surface area contributed by atoms with Crippen molar-refractivity contribution in [2.24, 2.45) is 17.3 Å². The van der Waals surface area contributed by atoms with Crippen LogP contribution in [0, 0.1) is 24.2 Å². The van der Waals surface area contributed by atoms with Gasteiger partial charge in [0.05, 0.1) is 23.7 Å². The lowest BCUT2D eigenvalue weighted by Crippen LogP contribution is -2.17. The molecule has 0 spiro atoms. The molecule has 1 aliphatic rings. The first-order valence-electron chi connectivity index (χ1n) is 7.79. The summed E-state index contributed by atoms with van der Waals surface area (Å²) in [4.78, 5) is 28.0. The zero-order valence-corrected chi connectivity index (χ0v) is 14.8. The van der Waals surface area contributed by atoms with Gasteiger partial charge in [-0.05, 0) is 19.3 Å². The Morgan fingerprint density at radius 3 is 2.67 bits per heavy atom. The number of carboxylic acid groups (broad SMARTS) is 1. The number of hydrogen-bond acceptors (Lipinski definition) is 5. The van der Waals surface area contributed by atoms with Gasteiger partial charge >= 0.3 is 5.97 Å². The minimum Gasteiger partial charge on any atom is -0.481 e. The lowest BCUT2D eigenvalue weighted by molar-refractivity contribution is -0.140. The number of carbonyl (C=O) groups is 2. The third-order valence-corrected chi connectivity index (χ3v) is 5.55. The standard InChI is InChI=1S/C16H20N4O3S/c1-5-20-8(2)9(6-17-20)10-7-24-15(18-10)19-13(21)11-12(14(22)23)16(11,3)4/h6-7,11-12H,5H2,1-4H3,(H,22,23)(H,18,19,21)/t11-,12+/m1/s1. The number of rotatable bonds is 5. The molecule has 2 aromatic heterocycles. The van der Waals surface area contributed by atoms with E-state index in [9.17, 15) is 14.7 Å². The molecule has 1 amide bonds. The first-order chi connectivity index (χ1) is 11.3. The summed E-state index contributed by atoms with van der Waals surface area (Å²) in [5, 5.41) is 18.6. The summed E-state index contributed by atoms with van der Waals surface area (Å²) in [5.74, 6) is -2.37. The number of aryl methyl sites for hydroxylation is 1. The minimum atomic E-state index is -0.928. The van der Waals surface area contributed by atoms with Crippen molar-refractivity contribution in [3.05, 3.63) is 17.3 Å². The molecule has 1 saturated carbocycles. The molecule has 2 N–H and O–H groups in total. The molecule has 0 saturated heterocycles. The van der Waals surface area contributed by atoms with Gasteiger partial charge < -0.3 is 10.4 Å². The highest BCUT2D eigenvalue weighted by molar-refractivity contribution is 7.14. The highest BCUT2D eigenvalue weighted by atomic mass is 32.1. The molecule has 2 atom stereocenters. The Balaban J connectivity index is 1.74. The lowest BCUT2D eigenvalue weighted by atomic mass is 10.1.